The van der Waals surface area contributed by atoms with Crippen molar-refractivity contribution < 1.29 is 14.7 Å². The van der Waals surface area contributed by atoms with Gasteiger partial charge in [0, 0.05) is 12.2 Å². The van der Waals surface area contributed by atoms with Gasteiger partial charge in [-0.05, 0) is 52.7 Å². The molecule has 0 bridgehead atoms. The van der Waals surface area contributed by atoms with Gasteiger partial charge in [-0.15, -0.1) is 5.10 Å². The minimum atomic E-state index is -1.08. The number of hydrogen-bond acceptors (Lipinski definition) is 7. The summed E-state index contributed by atoms with van der Waals surface area (Å²) in [6.07, 6.45) is 0.633. The van der Waals surface area contributed by atoms with E-state index in [0.717, 1.165) is 22.4 Å². The number of aliphatic carboxylic acids is 1. The summed E-state index contributed by atoms with van der Waals surface area (Å²) in [7, 11) is 1.69. The minimum absolute atomic E-state index is 0.170. The summed E-state index contributed by atoms with van der Waals surface area (Å²) in [6.45, 7) is 0. The SMILES string of the molecule is CNC(Cc1ccccc1)C(=O)NC(Cc1cccc(CSc2nnnn2-c2ccccc2)c1)C(=O)O. The topological polar surface area (TPSA) is 122 Å². The Morgan fingerprint density at radius 2 is 1.54 bits per heavy atom. The fraction of sp³-hybridized carbons (Fsp3) is 0.222. The summed E-state index contributed by atoms with van der Waals surface area (Å²) >= 11 is 1.49. The third-order valence-corrected chi connectivity index (χ3v) is 6.79. The first-order valence-electron chi connectivity index (χ1n) is 11.8. The number of carbonyl (C=O) groups is 2. The first-order chi connectivity index (χ1) is 18.0. The van der Waals surface area contributed by atoms with Crippen LogP contribution in [-0.4, -0.2) is 56.3 Å². The predicted octanol–water partition coefficient (Wildman–Crippen LogP) is 2.90. The third kappa shape index (κ3) is 7.25. The van der Waals surface area contributed by atoms with E-state index < -0.39 is 18.1 Å². The smallest absolute Gasteiger partial charge is 0.326 e. The van der Waals surface area contributed by atoms with Gasteiger partial charge in [-0.25, -0.2) is 4.79 Å². The fourth-order valence-electron chi connectivity index (χ4n) is 3.88. The van der Waals surface area contributed by atoms with Crippen molar-refractivity contribution in [3.8, 4) is 5.69 Å². The van der Waals surface area contributed by atoms with Crippen molar-refractivity contribution in [2.45, 2.75) is 35.8 Å². The summed E-state index contributed by atoms with van der Waals surface area (Å²) in [5, 5.41) is 28.1. The fourth-order valence-corrected chi connectivity index (χ4v) is 4.71. The number of aromatic nitrogens is 4. The lowest BCUT2D eigenvalue weighted by Crippen LogP contribution is -2.51. The molecule has 2 unspecified atom stereocenters. The van der Waals surface area contributed by atoms with E-state index in [2.05, 4.69) is 26.2 Å². The van der Waals surface area contributed by atoms with Gasteiger partial charge in [-0.1, -0.05) is 84.6 Å². The zero-order valence-electron chi connectivity index (χ0n) is 20.3. The van der Waals surface area contributed by atoms with E-state index in [4.69, 9.17) is 0 Å². The Kier molecular flexibility index (Phi) is 9.01. The maximum absolute atomic E-state index is 12.9. The number of nitrogens with zero attached hydrogens (tertiary/aromatic N) is 4. The van der Waals surface area contributed by atoms with Crippen LogP contribution in [0.2, 0.25) is 0 Å². The van der Waals surface area contributed by atoms with Crippen LogP contribution in [0.25, 0.3) is 5.69 Å². The molecule has 1 amide bonds. The molecule has 9 nitrogen and oxygen atoms in total. The quantitative estimate of drug-likeness (QED) is 0.246. The molecule has 3 aromatic carbocycles. The van der Waals surface area contributed by atoms with Gasteiger partial charge in [0.2, 0.25) is 11.1 Å². The Balaban J connectivity index is 1.39. The van der Waals surface area contributed by atoms with Crippen LogP contribution in [-0.2, 0) is 28.2 Å². The average Bonchev–Trinajstić information content (AvgIpc) is 3.40. The van der Waals surface area contributed by atoms with Gasteiger partial charge in [0.1, 0.15) is 6.04 Å². The Bertz CT molecular complexity index is 1320. The molecule has 1 aromatic heterocycles. The molecule has 0 radical (unpaired) electrons. The second-order valence-corrected chi connectivity index (χ2v) is 9.39. The molecule has 0 saturated heterocycles. The number of amides is 1. The normalized spacial score (nSPS) is 12.6. The van der Waals surface area contributed by atoms with Crippen molar-refractivity contribution in [1.29, 1.82) is 0 Å². The van der Waals surface area contributed by atoms with Crippen LogP contribution in [0.4, 0.5) is 0 Å². The highest BCUT2D eigenvalue weighted by Crippen LogP contribution is 2.23. The van der Waals surface area contributed by atoms with Gasteiger partial charge in [0.05, 0.1) is 11.7 Å². The molecule has 0 aliphatic carbocycles. The Morgan fingerprint density at radius 3 is 2.24 bits per heavy atom. The van der Waals surface area contributed by atoms with Crippen LogP contribution >= 0.6 is 11.8 Å². The van der Waals surface area contributed by atoms with Gasteiger partial charge < -0.3 is 15.7 Å². The molecule has 4 rings (SSSR count). The molecule has 2 atom stereocenters. The maximum atomic E-state index is 12.9. The van der Waals surface area contributed by atoms with Crippen molar-refractivity contribution in [2.75, 3.05) is 7.05 Å². The van der Waals surface area contributed by atoms with E-state index in [-0.39, 0.29) is 12.3 Å². The zero-order valence-corrected chi connectivity index (χ0v) is 21.1. The van der Waals surface area contributed by atoms with E-state index >= 15 is 0 Å². The molecule has 10 heteroatoms. The molecule has 0 aliphatic rings. The van der Waals surface area contributed by atoms with Crippen molar-refractivity contribution in [3.63, 3.8) is 0 Å². The molecule has 0 aliphatic heterocycles. The number of carbonyl (C=O) groups excluding carboxylic acids is 1. The number of carboxylic acids is 1. The van der Waals surface area contributed by atoms with Crippen LogP contribution in [0.3, 0.4) is 0 Å². The van der Waals surface area contributed by atoms with Gasteiger partial charge in [-0.2, -0.15) is 4.68 Å². The zero-order chi connectivity index (χ0) is 26.0. The maximum Gasteiger partial charge on any atom is 0.326 e. The predicted molar refractivity (Wildman–Crippen MR) is 141 cm³/mol. The van der Waals surface area contributed by atoms with E-state index in [0.29, 0.717) is 17.3 Å². The number of benzene rings is 3. The third-order valence-electron chi connectivity index (χ3n) is 5.80. The highest BCUT2D eigenvalue weighted by atomic mass is 32.2. The van der Waals surface area contributed by atoms with Crippen molar-refractivity contribution in [2.24, 2.45) is 0 Å². The molecule has 1 heterocycles. The lowest BCUT2D eigenvalue weighted by molar-refractivity contribution is -0.142. The number of thioether (sulfide) groups is 1. The molecule has 190 valence electrons. The van der Waals surface area contributed by atoms with Gasteiger partial charge in [-0.3, -0.25) is 4.79 Å². The number of carboxylic acid groups (broad SMARTS) is 1. The van der Waals surface area contributed by atoms with Crippen molar-refractivity contribution >= 4 is 23.6 Å². The minimum Gasteiger partial charge on any atom is -0.480 e. The van der Waals surface area contributed by atoms with Crippen molar-refractivity contribution in [1.82, 2.24) is 30.8 Å². The van der Waals surface area contributed by atoms with E-state index in [1.54, 1.807) is 11.7 Å². The molecular weight excluding hydrogens is 488 g/mol. The Hall–Kier alpha value is -4.02. The van der Waals surface area contributed by atoms with Crippen LogP contribution in [0.15, 0.2) is 90.1 Å². The molecule has 0 saturated carbocycles. The number of tetrazole rings is 1. The van der Waals surface area contributed by atoms with E-state index in [1.165, 1.54) is 11.8 Å². The first-order valence-corrected chi connectivity index (χ1v) is 12.8. The molecule has 37 heavy (non-hydrogen) atoms. The summed E-state index contributed by atoms with van der Waals surface area (Å²) in [4.78, 5) is 24.9. The summed E-state index contributed by atoms with van der Waals surface area (Å²) < 4.78 is 1.68. The van der Waals surface area contributed by atoms with Gasteiger partial charge in [0.15, 0.2) is 0 Å². The Labute approximate surface area is 219 Å². The molecule has 0 spiro atoms. The standard InChI is InChI=1S/C27H28N6O3S/c1-28-23(16-19-9-4-2-5-10-19)25(34)29-24(26(35)36)17-20-11-8-12-21(15-20)18-37-27-30-31-32-33(27)22-13-6-3-7-14-22/h2-15,23-24,28H,16-18H2,1H3,(H,29,34)(H,35,36). The average molecular weight is 517 g/mol. The molecule has 0 fully saturated rings. The van der Waals surface area contributed by atoms with Gasteiger partial charge in [0.25, 0.3) is 0 Å². The second kappa shape index (κ2) is 12.8. The number of para-hydroxylation sites is 1. The highest BCUT2D eigenvalue weighted by Gasteiger charge is 2.25. The van der Waals surface area contributed by atoms with Crippen LogP contribution in [0.1, 0.15) is 16.7 Å². The second-order valence-electron chi connectivity index (χ2n) is 8.45. The number of hydrogen-bond donors (Lipinski definition) is 3. The lowest BCUT2D eigenvalue weighted by atomic mass is 10.0. The Morgan fingerprint density at radius 1 is 0.892 bits per heavy atom. The molecular formula is C27H28N6O3S. The van der Waals surface area contributed by atoms with Crippen LogP contribution in [0.5, 0.6) is 0 Å². The monoisotopic (exact) mass is 516 g/mol. The number of nitrogens with one attached hydrogen (secondary N) is 2. The highest BCUT2D eigenvalue weighted by molar-refractivity contribution is 7.98. The number of rotatable bonds is 12. The van der Waals surface area contributed by atoms with Crippen LogP contribution in [0, 0.1) is 0 Å². The summed E-state index contributed by atoms with van der Waals surface area (Å²) in [5.41, 5.74) is 3.68. The number of likely N-dealkylation sites (N-methyl/N-ethyl adjacent to an activating group) is 1. The van der Waals surface area contributed by atoms with E-state index in [9.17, 15) is 14.7 Å². The van der Waals surface area contributed by atoms with E-state index in [1.807, 2.05) is 84.9 Å². The van der Waals surface area contributed by atoms with Crippen molar-refractivity contribution in [3.05, 3.63) is 102 Å². The lowest BCUT2D eigenvalue weighted by Gasteiger charge is -2.20. The summed E-state index contributed by atoms with van der Waals surface area (Å²) in [6, 6.07) is 25.3. The summed E-state index contributed by atoms with van der Waals surface area (Å²) in [5.74, 6) is -0.827. The molecule has 3 N–H and O–H groups in total. The van der Waals surface area contributed by atoms with Crippen LogP contribution < -0.4 is 10.6 Å². The molecule has 4 aromatic rings. The first kappa shape index (κ1) is 26.1. The van der Waals surface area contributed by atoms with Gasteiger partial charge >= 0.3 is 5.97 Å². The largest absolute Gasteiger partial charge is 0.480 e.